The minimum absolute atomic E-state index is 0.0162. The van der Waals surface area contributed by atoms with Crippen molar-refractivity contribution in [3.05, 3.63) is 77.2 Å². The maximum absolute atomic E-state index is 14.1. The Labute approximate surface area is 143 Å². The molecule has 1 heterocycles. The predicted octanol–water partition coefficient (Wildman–Crippen LogP) is 4.00. The zero-order valence-electron chi connectivity index (χ0n) is 12.2. The van der Waals surface area contributed by atoms with Crippen LogP contribution in [0.15, 0.2) is 65.7 Å². The molecule has 0 bridgehead atoms. The van der Waals surface area contributed by atoms with E-state index >= 15 is 0 Å². The second-order valence-electron chi connectivity index (χ2n) is 5.01. The monoisotopic (exact) mass is 363 g/mol. The number of hydrogen-bond acceptors (Lipinski definition) is 3. The van der Waals surface area contributed by atoms with E-state index in [0.29, 0.717) is 11.3 Å². The van der Waals surface area contributed by atoms with Gasteiger partial charge in [-0.15, -0.1) is 0 Å². The third kappa shape index (κ3) is 2.86. The van der Waals surface area contributed by atoms with Crippen LogP contribution >= 0.6 is 11.6 Å². The summed E-state index contributed by atoms with van der Waals surface area (Å²) in [5, 5.41) is 0.393. The summed E-state index contributed by atoms with van der Waals surface area (Å²) in [6.07, 6.45) is 1.68. The summed E-state index contributed by atoms with van der Waals surface area (Å²) in [4.78, 5) is 11.1. The highest BCUT2D eigenvalue weighted by molar-refractivity contribution is 7.90. The average molecular weight is 364 g/mol. The number of carbonyl (C=O) groups excluding carboxylic acids is 1. The molecule has 0 saturated heterocycles. The summed E-state index contributed by atoms with van der Waals surface area (Å²) in [7, 11) is -4.01. The normalized spacial score (nSPS) is 11.4. The van der Waals surface area contributed by atoms with Gasteiger partial charge in [-0.25, -0.2) is 16.8 Å². The van der Waals surface area contributed by atoms with E-state index in [2.05, 4.69) is 0 Å². The summed E-state index contributed by atoms with van der Waals surface area (Å²) in [6.45, 7) is 0. The third-order valence-electron chi connectivity index (χ3n) is 3.46. The molecule has 0 N–H and O–H groups in total. The summed E-state index contributed by atoms with van der Waals surface area (Å²) in [5.41, 5.74) is 0.291. The quantitative estimate of drug-likeness (QED) is 0.658. The molecule has 3 rings (SSSR count). The van der Waals surface area contributed by atoms with Gasteiger partial charge in [0.15, 0.2) is 6.29 Å². The SMILES string of the molecule is O=Cc1cc(-c2ccccc2F)n(S(=O)(=O)c2ccc(Cl)cc2)c1. The molecule has 0 amide bonds. The van der Waals surface area contributed by atoms with Gasteiger partial charge in [-0.2, -0.15) is 0 Å². The van der Waals surface area contributed by atoms with Gasteiger partial charge in [0.25, 0.3) is 10.0 Å². The van der Waals surface area contributed by atoms with Crippen molar-refractivity contribution in [2.75, 3.05) is 0 Å². The van der Waals surface area contributed by atoms with Crippen molar-refractivity contribution in [2.24, 2.45) is 0 Å². The highest BCUT2D eigenvalue weighted by Gasteiger charge is 2.23. The Hall–Kier alpha value is -2.44. The van der Waals surface area contributed by atoms with E-state index < -0.39 is 15.8 Å². The lowest BCUT2D eigenvalue weighted by atomic mass is 10.1. The molecule has 0 unspecified atom stereocenters. The summed E-state index contributed by atoms with van der Waals surface area (Å²) < 4.78 is 40.7. The fourth-order valence-electron chi connectivity index (χ4n) is 2.31. The molecule has 0 atom stereocenters. The minimum atomic E-state index is -4.01. The molecule has 0 aliphatic heterocycles. The van der Waals surface area contributed by atoms with Crippen LogP contribution < -0.4 is 0 Å². The van der Waals surface area contributed by atoms with Crippen LogP contribution in [0.5, 0.6) is 0 Å². The number of benzene rings is 2. The van der Waals surface area contributed by atoms with E-state index in [1.807, 2.05) is 0 Å². The first kappa shape index (κ1) is 16.4. The maximum atomic E-state index is 14.1. The van der Waals surface area contributed by atoms with Gasteiger partial charge in [-0.05, 0) is 42.5 Å². The molecule has 2 aromatic carbocycles. The number of nitrogens with zero attached hydrogens (tertiary/aromatic N) is 1. The Morgan fingerprint density at radius 3 is 2.33 bits per heavy atom. The van der Waals surface area contributed by atoms with Crippen molar-refractivity contribution in [3.8, 4) is 11.3 Å². The lowest BCUT2D eigenvalue weighted by Crippen LogP contribution is -2.13. The van der Waals surface area contributed by atoms with Gasteiger partial charge in [-0.1, -0.05) is 23.7 Å². The Bertz CT molecular complexity index is 1010. The average Bonchev–Trinajstić information content (AvgIpc) is 3.01. The lowest BCUT2D eigenvalue weighted by molar-refractivity contribution is 0.112. The highest BCUT2D eigenvalue weighted by atomic mass is 35.5. The molecule has 7 heteroatoms. The number of rotatable bonds is 4. The standard InChI is InChI=1S/C17H11ClFNO3S/c18-13-5-7-14(8-6-13)24(22,23)20-10-12(11-21)9-17(20)15-3-1-2-4-16(15)19/h1-11H. The number of aromatic nitrogens is 1. The Balaban J connectivity index is 2.24. The van der Waals surface area contributed by atoms with Crippen LogP contribution in [0.4, 0.5) is 4.39 Å². The topological polar surface area (TPSA) is 56.1 Å². The minimum Gasteiger partial charge on any atom is -0.298 e. The summed E-state index contributed by atoms with van der Waals surface area (Å²) in [6, 6.07) is 12.7. The summed E-state index contributed by atoms with van der Waals surface area (Å²) >= 11 is 5.78. The molecule has 0 spiro atoms. The first-order valence-corrected chi connectivity index (χ1v) is 8.69. The third-order valence-corrected chi connectivity index (χ3v) is 5.40. The molecule has 122 valence electrons. The summed E-state index contributed by atoms with van der Waals surface area (Å²) in [5.74, 6) is -0.583. The highest BCUT2D eigenvalue weighted by Crippen LogP contribution is 2.28. The molecular formula is C17H11ClFNO3S. The van der Waals surface area contributed by atoms with Crippen molar-refractivity contribution in [1.29, 1.82) is 0 Å². The Morgan fingerprint density at radius 1 is 1.04 bits per heavy atom. The van der Waals surface area contributed by atoms with Crippen LogP contribution in [0.3, 0.4) is 0 Å². The fraction of sp³-hybridized carbons (Fsp3) is 0. The van der Waals surface area contributed by atoms with Gasteiger partial charge < -0.3 is 0 Å². The van der Waals surface area contributed by atoms with Crippen LogP contribution in [0.2, 0.25) is 5.02 Å². The maximum Gasteiger partial charge on any atom is 0.268 e. The predicted molar refractivity (Wildman–Crippen MR) is 89.2 cm³/mol. The zero-order chi connectivity index (χ0) is 17.3. The molecule has 3 aromatic rings. The van der Waals surface area contributed by atoms with Crippen LogP contribution in [0.25, 0.3) is 11.3 Å². The molecule has 1 aromatic heterocycles. The Morgan fingerprint density at radius 2 is 1.71 bits per heavy atom. The van der Waals surface area contributed by atoms with E-state index in [0.717, 1.165) is 3.97 Å². The molecular weight excluding hydrogens is 353 g/mol. The Kier molecular flexibility index (Phi) is 4.26. The van der Waals surface area contributed by atoms with Gasteiger partial charge in [0.1, 0.15) is 5.82 Å². The number of carbonyl (C=O) groups is 1. The van der Waals surface area contributed by atoms with E-state index in [1.165, 1.54) is 54.7 Å². The largest absolute Gasteiger partial charge is 0.298 e. The van der Waals surface area contributed by atoms with Crippen molar-refractivity contribution in [2.45, 2.75) is 4.90 Å². The molecule has 0 aliphatic rings. The van der Waals surface area contributed by atoms with Crippen molar-refractivity contribution < 1.29 is 17.6 Å². The number of aldehydes is 1. The number of hydrogen-bond donors (Lipinski definition) is 0. The molecule has 0 aliphatic carbocycles. The van der Waals surface area contributed by atoms with Gasteiger partial charge >= 0.3 is 0 Å². The molecule has 0 radical (unpaired) electrons. The first-order valence-electron chi connectivity index (χ1n) is 6.87. The molecule has 24 heavy (non-hydrogen) atoms. The second kappa shape index (κ2) is 6.22. The van der Waals surface area contributed by atoms with Crippen molar-refractivity contribution >= 4 is 27.9 Å². The zero-order valence-corrected chi connectivity index (χ0v) is 13.8. The first-order chi connectivity index (χ1) is 11.4. The van der Waals surface area contributed by atoms with Crippen molar-refractivity contribution in [1.82, 2.24) is 3.97 Å². The van der Waals surface area contributed by atoms with Crippen LogP contribution in [-0.4, -0.2) is 18.7 Å². The van der Waals surface area contributed by atoms with E-state index in [1.54, 1.807) is 6.07 Å². The molecule has 4 nitrogen and oxygen atoms in total. The van der Waals surface area contributed by atoms with Crippen LogP contribution in [-0.2, 0) is 10.0 Å². The van der Waals surface area contributed by atoms with E-state index in [9.17, 15) is 17.6 Å². The lowest BCUT2D eigenvalue weighted by Gasteiger charge is -2.11. The fourth-order valence-corrected chi connectivity index (χ4v) is 3.82. The van der Waals surface area contributed by atoms with E-state index in [-0.39, 0.29) is 21.7 Å². The smallest absolute Gasteiger partial charge is 0.268 e. The molecule has 0 fully saturated rings. The van der Waals surface area contributed by atoms with Crippen LogP contribution in [0, 0.1) is 5.82 Å². The second-order valence-corrected chi connectivity index (χ2v) is 7.26. The van der Waals surface area contributed by atoms with Gasteiger partial charge in [-0.3, -0.25) is 4.79 Å². The van der Waals surface area contributed by atoms with Crippen LogP contribution in [0.1, 0.15) is 10.4 Å². The van der Waals surface area contributed by atoms with Gasteiger partial charge in [0.05, 0.1) is 10.6 Å². The van der Waals surface area contributed by atoms with Gasteiger partial charge in [0.2, 0.25) is 0 Å². The van der Waals surface area contributed by atoms with Gasteiger partial charge in [0, 0.05) is 22.3 Å². The number of halogens is 2. The molecule has 0 saturated carbocycles. The van der Waals surface area contributed by atoms with Crippen molar-refractivity contribution in [3.63, 3.8) is 0 Å². The van der Waals surface area contributed by atoms with E-state index in [4.69, 9.17) is 11.6 Å².